The monoisotopic (exact) mass is 323 g/mol. The quantitative estimate of drug-likeness (QED) is 0.840. The first-order chi connectivity index (χ1) is 10.7. The third kappa shape index (κ3) is 3.85. The van der Waals surface area contributed by atoms with E-state index in [1.54, 1.807) is 24.1 Å². The van der Waals surface area contributed by atoms with E-state index in [2.05, 4.69) is 5.10 Å². The highest BCUT2D eigenvalue weighted by Gasteiger charge is 2.17. The molecule has 1 N–H and O–H groups in total. The third-order valence-electron chi connectivity index (χ3n) is 3.15. The van der Waals surface area contributed by atoms with Gasteiger partial charge in [0.05, 0.1) is 35.7 Å². The number of amides is 1. The van der Waals surface area contributed by atoms with Gasteiger partial charge in [-0.05, 0) is 12.1 Å². The number of aliphatic hydroxyl groups is 1. The van der Waals surface area contributed by atoms with Crippen molar-refractivity contribution in [2.24, 2.45) is 0 Å². The Bertz CT molecular complexity index is 630. The highest BCUT2D eigenvalue weighted by atomic mass is 35.5. The number of hydrogen-bond donors (Lipinski definition) is 1. The topological polar surface area (TPSA) is 67.6 Å². The molecule has 0 aliphatic rings. The second-order valence-corrected chi connectivity index (χ2v) is 5.04. The summed E-state index contributed by atoms with van der Waals surface area (Å²) in [5.74, 6) is -0.204. The summed E-state index contributed by atoms with van der Waals surface area (Å²) in [5, 5.41) is 13.8. The lowest BCUT2D eigenvalue weighted by atomic mass is 10.3. The summed E-state index contributed by atoms with van der Waals surface area (Å²) in [4.78, 5) is 14.0. The molecule has 1 aromatic carbocycles. The smallest absolute Gasteiger partial charge is 0.257 e. The van der Waals surface area contributed by atoms with Gasteiger partial charge in [-0.2, -0.15) is 5.10 Å². The Hall–Kier alpha value is -1.89. The van der Waals surface area contributed by atoms with Crippen LogP contribution in [-0.2, 0) is 4.74 Å². The van der Waals surface area contributed by atoms with Gasteiger partial charge in [-0.3, -0.25) is 4.79 Å². The summed E-state index contributed by atoms with van der Waals surface area (Å²) in [5.41, 5.74) is 1.14. The van der Waals surface area contributed by atoms with Crippen molar-refractivity contribution in [3.8, 4) is 5.69 Å². The van der Waals surface area contributed by atoms with Crippen LogP contribution >= 0.6 is 11.6 Å². The minimum Gasteiger partial charge on any atom is -0.395 e. The van der Waals surface area contributed by atoms with Gasteiger partial charge in [0.25, 0.3) is 5.91 Å². The zero-order valence-electron chi connectivity index (χ0n) is 12.3. The molecule has 1 aromatic heterocycles. The number of aliphatic hydroxyl groups excluding tert-OH is 1. The number of halogens is 1. The maximum atomic E-state index is 12.4. The summed E-state index contributed by atoms with van der Waals surface area (Å²) in [7, 11) is 1.57. The van der Waals surface area contributed by atoms with Crippen LogP contribution in [0.15, 0.2) is 36.7 Å². The van der Waals surface area contributed by atoms with Crippen molar-refractivity contribution in [2.45, 2.75) is 0 Å². The number of ether oxygens (including phenoxy) is 1. The van der Waals surface area contributed by atoms with Crippen LogP contribution in [0, 0.1) is 0 Å². The molecule has 0 unspecified atom stereocenters. The fourth-order valence-electron chi connectivity index (χ4n) is 2.02. The van der Waals surface area contributed by atoms with E-state index in [4.69, 9.17) is 21.4 Å². The van der Waals surface area contributed by atoms with Crippen molar-refractivity contribution >= 4 is 17.5 Å². The molecule has 0 saturated carbocycles. The summed E-state index contributed by atoms with van der Waals surface area (Å²) in [6.45, 7) is 0.963. The van der Waals surface area contributed by atoms with E-state index in [1.165, 1.54) is 11.1 Å². The van der Waals surface area contributed by atoms with Crippen molar-refractivity contribution in [2.75, 3.05) is 33.4 Å². The molecule has 0 bridgehead atoms. The fraction of sp³-hybridized carbons (Fsp3) is 0.333. The molecule has 2 aromatic rings. The first-order valence-corrected chi connectivity index (χ1v) is 7.23. The summed E-state index contributed by atoms with van der Waals surface area (Å²) in [6, 6.07) is 7.26. The van der Waals surface area contributed by atoms with E-state index in [0.717, 1.165) is 0 Å². The first kappa shape index (κ1) is 16.5. The molecule has 0 atom stereocenters. The molecule has 1 heterocycles. The van der Waals surface area contributed by atoms with E-state index < -0.39 is 0 Å². The zero-order chi connectivity index (χ0) is 15.9. The molecule has 0 aliphatic heterocycles. The predicted molar refractivity (Wildman–Crippen MR) is 83.4 cm³/mol. The highest BCUT2D eigenvalue weighted by Crippen LogP contribution is 2.19. The van der Waals surface area contributed by atoms with Crippen LogP contribution in [0.1, 0.15) is 10.4 Å². The average molecular weight is 324 g/mol. The predicted octanol–water partition coefficient (Wildman–Crippen LogP) is 1.61. The van der Waals surface area contributed by atoms with Gasteiger partial charge < -0.3 is 14.7 Å². The van der Waals surface area contributed by atoms with Crippen LogP contribution in [0.4, 0.5) is 0 Å². The molecule has 2 rings (SSSR count). The highest BCUT2D eigenvalue weighted by molar-refractivity contribution is 6.32. The summed E-state index contributed by atoms with van der Waals surface area (Å²) < 4.78 is 6.54. The van der Waals surface area contributed by atoms with E-state index in [-0.39, 0.29) is 19.1 Å². The van der Waals surface area contributed by atoms with Crippen LogP contribution in [0.25, 0.3) is 5.69 Å². The summed E-state index contributed by atoms with van der Waals surface area (Å²) in [6.07, 6.45) is 3.11. The van der Waals surface area contributed by atoms with Gasteiger partial charge >= 0.3 is 0 Å². The van der Waals surface area contributed by atoms with Crippen LogP contribution < -0.4 is 0 Å². The lowest BCUT2D eigenvalue weighted by Gasteiger charge is -2.20. The number of carbonyl (C=O) groups excluding carboxylic acids is 1. The van der Waals surface area contributed by atoms with E-state index in [1.807, 2.05) is 18.2 Å². The van der Waals surface area contributed by atoms with Crippen molar-refractivity contribution < 1.29 is 14.6 Å². The van der Waals surface area contributed by atoms with Crippen molar-refractivity contribution in [3.05, 3.63) is 47.2 Å². The molecule has 118 valence electrons. The van der Waals surface area contributed by atoms with Crippen LogP contribution in [-0.4, -0.2) is 59.1 Å². The van der Waals surface area contributed by atoms with Crippen LogP contribution in [0.5, 0.6) is 0 Å². The van der Waals surface area contributed by atoms with Gasteiger partial charge in [-0.15, -0.1) is 0 Å². The minimum absolute atomic E-state index is 0.103. The number of carbonyl (C=O) groups is 1. The van der Waals surface area contributed by atoms with Gasteiger partial charge in [0.15, 0.2) is 0 Å². The Morgan fingerprint density at radius 2 is 2.18 bits per heavy atom. The standard InChI is InChI=1S/C15H18ClN3O3/c1-22-9-7-18(6-8-20)15(21)12-10-17-19(11-12)14-5-3-2-4-13(14)16/h2-5,10-11,20H,6-9H2,1H3. The maximum Gasteiger partial charge on any atom is 0.257 e. The normalized spacial score (nSPS) is 10.7. The number of para-hydroxylation sites is 1. The molecular formula is C15H18ClN3O3. The molecule has 1 amide bonds. The van der Waals surface area contributed by atoms with E-state index in [9.17, 15) is 4.79 Å². The Morgan fingerprint density at radius 3 is 2.86 bits per heavy atom. The Kier molecular flexibility index (Phi) is 5.94. The lowest BCUT2D eigenvalue weighted by molar-refractivity contribution is 0.0656. The number of hydrogen-bond acceptors (Lipinski definition) is 4. The summed E-state index contributed by atoms with van der Waals surface area (Å²) >= 11 is 6.12. The number of aromatic nitrogens is 2. The molecule has 22 heavy (non-hydrogen) atoms. The minimum atomic E-state index is -0.204. The maximum absolute atomic E-state index is 12.4. The Morgan fingerprint density at radius 1 is 1.41 bits per heavy atom. The number of rotatable bonds is 7. The lowest BCUT2D eigenvalue weighted by Crippen LogP contribution is -2.36. The number of nitrogens with zero attached hydrogens (tertiary/aromatic N) is 3. The van der Waals surface area contributed by atoms with Gasteiger partial charge in [0.2, 0.25) is 0 Å². The molecule has 0 saturated heterocycles. The SMILES string of the molecule is COCCN(CCO)C(=O)c1cnn(-c2ccccc2Cl)c1. The van der Waals surface area contributed by atoms with E-state index in [0.29, 0.717) is 29.4 Å². The fourth-order valence-corrected chi connectivity index (χ4v) is 2.24. The first-order valence-electron chi connectivity index (χ1n) is 6.86. The van der Waals surface area contributed by atoms with Gasteiger partial charge in [-0.1, -0.05) is 23.7 Å². The van der Waals surface area contributed by atoms with Crippen LogP contribution in [0.3, 0.4) is 0 Å². The van der Waals surface area contributed by atoms with E-state index >= 15 is 0 Å². The zero-order valence-corrected chi connectivity index (χ0v) is 13.0. The number of benzene rings is 1. The molecule has 6 nitrogen and oxygen atoms in total. The van der Waals surface area contributed by atoms with Gasteiger partial charge in [-0.25, -0.2) is 4.68 Å². The second-order valence-electron chi connectivity index (χ2n) is 4.63. The van der Waals surface area contributed by atoms with Gasteiger partial charge in [0.1, 0.15) is 0 Å². The van der Waals surface area contributed by atoms with Crippen LogP contribution in [0.2, 0.25) is 5.02 Å². The Labute approximate surface area is 133 Å². The van der Waals surface area contributed by atoms with Crippen molar-refractivity contribution in [1.82, 2.24) is 14.7 Å². The largest absolute Gasteiger partial charge is 0.395 e. The van der Waals surface area contributed by atoms with Gasteiger partial charge in [0, 0.05) is 26.4 Å². The Balaban J connectivity index is 2.19. The second kappa shape index (κ2) is 7.93. The molecule has 0 radical (unpaired) electrons. The molecule has 0 spiro atoms. The molecule has 7 heteroatoms. The molecule has 0 aliphatic carbocycles. The number of methoxy groups -OCH3 is 1. The van der Waals surface area contributed by atoms with Crippen molar-refractivity contribution in [3.63, 3.8) is 0 Å². The molecular weight excluding hydrogens is 306 g/mol. The molecule has 0 fully saturated rings. The average Bonchev–Trinajstić information content (AvgIpc) is 3.01. The third-order valence-corrected chi connectivity index (χ3v) is 3.47. The van der Waals surface area contributed by atoms with Crippen molar-refractivity contribution in [1.29, 1.82) is 0 Å².